The molecule has 1 spiro atoms. The third kappa shape index (κ3) is 4.87. The Kier molecular flexibility index (Phi) is 7.53. The summed E-state index contributed by atoms with van der Waals surface area (Å²) in [6, 6.07) is 56.4. The Labute approximate surface area is 339 Å². The molecule has 0 fully saturated rings. The lowest BCUT2D eigenvalue weighted by Crippen LogP contribution is -2.34. The Balaban J connectivity index is 1.30. The number of hydrogen-bond acceptors (Lipinski definition) is 1. The van der Waals surface area contributed by atoms with Crippen LogP contribution in [0.2, 0.25) is 0 Å². The molecule has 7 aromatic carbocycles. The molecule has 0 bridgehead atoms. The van der Waals surface area contributed by atoms with Crippen molar-refractivity contribution in [3.63, 3.8) is 0 Å². The van der Waals surface area contributed by atoms with Gasteiger partial charge in [0, 0.05) is 16.9 Å². The van der Waals surface area contributed by atoms with Crippen molar-refractivity contribution >= 4 is 17.1 Å². The number of nitrogens with zero attached hydrogens (tertiary/aromatic N) is 1. The minimum atomic E-state index is -0.434. The van der Waals surface area contributed by atoms with Gasteiger partial charge in [0.05, 0.1) is 11.1 Å². The van der Waals surface area contributed by atoms with Gasteiger partial charge in [-0.3, -0.25) is 0 Å². The van der Waals surface area contributed by atoms with Crippen LogP contribution in [0.5, 0.6) is 0 Å². The van der Waals surface area contributed by atoms with Crippen LogP contribution < -0.4 is 4.90 Å². The predicted octanol–water partition coefficient (Wildman–Crippen LogP) is 14.7. The zero-order valence-corrected chi connectivity index (χ0v) is 34.0. The molecule has 7 aromatic rings. The van der Waals surface area contributed by atoms with Crippen LogP contribution in [0.25, 0.3) is 33.4 Å². The maximum absolute atomic E-state index is 2.63. The minimum Gasteiger partial charge on any atom is -0.310 e. The van der Waals surface area contributed by atoms with Crippen LogP contribution >= 0.6 is 0 Å². The second kappa shape index (κ2) is 12.4. The molecule has 0 aliphatic heterocycles. The minimum absolute atomic E-state index is 0.0273. The van der Waals surface area contributed by atoms with Crippen molar-refractivity contribution in [1.82, 2.24) is 0 Å². The highest BCUT2D eigenvalue weighted by molar-refractivity contribution is 6.00. The van der Waals surface area contributed by atoms with E-state index in [2.05, 4.69) is 185 Å². The molecule has 0 amide bonds. The predicted molar refractivity (Wildman–Crippen MR) is 240 cm³/mol. The molecule has 0 aromatic heterocycles. The van der Waals surface area contributed by atoms with Crippen molar-refractivity contribution in [3.05, 3.63) is 196 Å². The van der Waals surface area contributed by atoms with Crippen molar-refractivity contribution < 1.29 is 0 Å². The van der Waals surface area contributed by atoms with E-state index in [4.69, 9.17) is 0 Å². The molecular weight excluding hydrogens is 687 g/mol. The summed E-state index contributed by atoms with van der Waals surface area (Å²) in [4.78, 5) is 2.63. The number of anilines is 3. The highest BCUT2D eigenvalue weighted by atomic mass is 15.1. The van der Waals surface area contributed by atoms with E-state index >= 15 is 0 Å². The first-order chi connectivity index (χ1) is 27.7. The number of fused-ring (bicyclic) bond motifs is 12. The fourth-order valence-electron chi connectivity index (χ4n) is 11.6. The maximum atomic E-state index is 2.63. The van der Waals surface area contributed by atoms with E-state index in [0.717, 1.165) is 12.8 Å². The lowest BCUT2D eigenvalue weighted by molar-refractivity contribution is 0.333. The molecular formula is C56H51N. The first-order valence-corrected chi connectivity index (χ1v) is 21.3. The zero-order valence-electron chi connectivity index (χ0n) is 34.0. The monoisotopic (exact) mass is 737 g/mol. The molecule has 0 unspecified atom stereocenters. The summed E-state index contributed by atoms with van der Waals surface area (Å²) in [5, 5.41) is 0. The van der Waals surface area contributed by atoms with Gasteiger partial charge in [0.15, 0.2) is 0 Å². The van der Waals surface area contributed by atoms with Crippen molar-refractivity contribution in [2.75, 3.05) is 4.90 Å². The maximum Gasteiger partial charge on any atom is 0.0726 e. The molecule has 0 heterocycles. The van der Waals surface area contributed by atoms with Crippen molar-refractivity contribution in [2.24, 2.45) is 0 Å². The summed E-state index contributed by atoms with van der Waals surface area (Å²) >= 11 is 0. The van der Waals surface area contributed by atoms with Gasteiger partial charge in [-0.25, -0.2) is 0 Å². The standard InChI is InChI=1S/C56H51N/c1-36-32-37-18-9-10-19-38(37)33-51(36)57(39-20-7-6-8-21-39)52-35-50-44(34-45(52)43-25-17-29-49-53(43)55(4,5)31-30-54(49,2)3)42-24-13-16-28-48(42)56(50)46-26-14-11-22-40(46)41-23-12-15-27-47(41)56/h6-8,11-17,20-29,32-35H,9-10,18-19,30-31H2,1-5H3. The molecule has 4 aliphatic carbocycles. The van der Waals surface area contributed by atoms with E-state index in [1.807, 2.05) is 0 Å². The van der Waals surface area contributed by atoms with Crippen molar-refractivity contribution in [3.8, 4) is 33.4 Å². The van der Waals surface area contributed by atoms with Gasteiger partial charge < -0.3 is 4.90 Å². The molecule has 11 rings (SSSR count). The molecule has 0 atom stereocenters. The van der Waals surface area contributed by atoms with Gasteiger partial charge in [0.1, 0.15) is 0 Å². The summed E-state index contributed by atoms with van der Waals surface area (Å²) in [7, 11) is 0. The Morgan fingerprint density at radius 2 is 0.947 bits per heavy atom. The summed E-state index contributed by atoms with van der Waals surface area (Å²) in [5.74, 6) is 0. The second-order valence-electron chi connectivity index (χ2n) is 18.6. The van der Waals surface area contributed by atoms with Crippen LogP contribution in [0.3, 0.4) is 0 Å². The Bertz CT molecular complexity index is 2720. The Hall–Kier alpha value is -5.66. The normalized spacial score (nSPS) is 17.2. The molecule has 280 valence electrons. The third-order valence-electron chi connectivity index (χ3n) is 14.4. The van der Waals surface area contributed by atoms with Crippen LogP contribution in [-0.4, -0.2) is 0 Å². The first-order valence-electron chi connectivity index (χ1n) is 21.3. The van der Waals surface area contributed by atoms with E-state index in [1.165, 1.54) is 126 Å². The van der Waals surface area contributed by atoms with Gasteiger partial charge in [0.25, 0.3) is 0 Å². The van der Waals surface area contributed by atoms with E-state index in [1.54, 1.807) is 0 Å². The highest BCUT2D eigenvalue weighted by Gasteiger charge is 2.52. The lowest BCUT2D eigenvalue weighted by atomic mass is 9.61. The van der Waals surface area contributed by atoms with Crippen LogP contribution in [0.1, 0.15) is 103 Å². The topological polar surface area (TPSA) is 3.24 Å². The summed E-state index contributed by atoms with van der Waals surface area (Å²) < 4.78 is 0. The van der Waals surface area contributed by atoms with Crippen LogP contribution in [0.15, 0.2) is 146 Å². The fourth-order valence-corrected chi connectivity index (χ4v) is 11.6. The average Bonchev–Trinajstić information content (AvgIpc) is 3.70. The summed E-state index contributed by atoms with van der Waals surface area (Å²) in [6.45, 7) is 12.2. The average molecular weight is 738 g/mol. The van der Waals surface area contributed by atoms with Crippen molar-refractivity contribution in [1.29, 1.82) is 0 Å². The SMILES string of the molecule is Cc1cc2c(cc1N(c1ccccc1)c1cc3c(cc1-c1cccc4c1C(C)(C)CCC4(C)C)-c1ccccc1C31c3ccccc3-c3ccccc31)CCCC2. The number of hydrogen-bond donors (Lipinski definition) is 0. The largest absolute Gasteiger partial charge is 0.310 e. The molecule has 0 radical (unpaired) electrons. The first kappa shape index (κ1) is 34.6. The van der Waals surface area contributed by atoms with Gasteiger partial charge in [-0.2, -0.15) is 0 Å². The van der Waals surface area contributed by atoms with Crippen LogP contribution in [0.4, 0.5) is 17.1 Å². The molecule has 0 saturated heterocycles. The smallest absolute Gasteiger partial charge is 0.0726 e. The molecule has 0 N–H and O–H groups in total. The van der Waals surface area contributed by atoms with Gasteiger partial charge in [-0.15, -0.1) is 0 Å². The van der Waals surface area contributed by atoms with Crippen LogP contribution in [0, 0.1) is 6.92 Å². The lowest BCUT2D eigenvalue weighted by Gasteiger charge is -2.43. The van der Waals surface area contributed by atoms with Gasteiger partial charge in [0.2, 0.25) is 0 Å². The van der Waals surface area contributed by atoms with E-state index in [9.17, 15) is 0 Å². The molecule has 57 heavy (non-hydrogen) atoms. The van der Waals surface area contributed by atoms with E-state index in [0.29, 0.717) is 0 Å². The summed E-state index contributed by atoms with van der Waals surface area (Å²) in [6.07, 6.45) is 7.20. The third-order valence-corrected chi connectivity index (χ3v) is 14.4. The molecule has 4 aliphatic rings. The Morgan fingerprint density at radius 3 is 1.60 bits per heavy atom. The van der Waals surface area contributed by atoms with E-state index in [-0.39, 0.29) is 10.8 Å². The zero-order chi connectivity index (χ0) is 38.7. The Morgan fingerprint density at radius 1 is 0.421 bits per heavy atom. The van der Waals surface area contributed by atoms with Gasteiger partial charge in [-0.05, 0) is 164 Å². The second-order valence-corrected chi connectivity index (χ2v) is 18.6. The molecule has 1 nitrogen and oxygen atoms in total. The van der Waals surface area contributed by atoms with Crippen molar-refractivity contribution in [2.45, 2.75) is 89.4 Å². The number of aryl methyl sites for hydroxylation is 3. The quantitative estimate of drug-likeness (QED) is 0.174. The summed E-state index contributed by atoms with van der Waals surface area (Å²) in [5.41, 5.74) is 24.3. The molecule has 1 heteroatoms. The number of benzene rings is 7. The molecule has 0 saturated carbocycles. The van der Waals surface area contributed by atoms with E-state index < -0.39 is 5.41 Å². The fraction of sp³-hybridized carbons (Fsp3) is 0.250. The van der Waals surface area contributed by atoms with Gasteiger partial charge >= 0.3 is 0 Å². The number of rotatable bonds is 4. The van der Waals surface area contributed by atoms with Gasteiger partial charge in [-0.1, -0.05) is 143 Å². The number of para-hydroxylation sites is 1. The highest BCUT2D eigenvalue weighted by Crippen LogP contribution is 2.64. The van der Waals surface area contributed by atoms with Crippen LogP contribution in [-0.2, 0) is 29.1 Å².